The van der Waals surface area contributed by atoms with Gasteiger partial charge in [0.2, 0.25) is 0 Å². The molecule has 0 bridgehead atoms. The Bertz CT molecular complexity index is 393. The zero-order valence-electron chi connectivity index (χ0n) is 11.1. The van der Waals surface area contributed by atoms with E-state index in [0.717, 1.165) is 49.8 Å². The fourth-order valence-corrected chi connectivity index (χ4v) is 2.26. The lowest BCUT2D eigenvalue weighted by molar-refractivity contribution is 0.225. The van der Waals surface area contributed by atoms with Crippen LogP contribution >= 0.6 is 0 Å². The topological polar surface area (TPSA) is 24.5 Å². The van der Waals surface area contributed by atoms with Crippen molar-refractivity contribution >= 4 is 0 Å². The van der Waals surface area contributed by atoms with E-state index in [1.54, 1.807) is 19.2 Å². The molecule has 1 N–H and O–H groups in total. The van der Waals surface area contributed by atoms with Gasteiger partial charge in [-0.15, -0.1) is 0 Å². The number of benzene rings is 1. The molecule has 0 spiro atoms. The molecule has 0 radical (unpaired) electrons. The minimum atomic E-state index is -0.198. The lowest BCUT2D eigenvalue weighted by atomic mass is 10.0. The van der Waals surface area contributed by atoms with E-state index in [2.05, 4.69) is 17.3 Å². The Morgan fingerprint density at radius 1 is 1.44 bits per heavy atom. The third-order valence-electron chi connectivity index (χ3n) is 3.44. The van der Waals surface area contributed by atoms with Gasteiger partial charge in [0.05, 0.1) is 7.11 Å². The molecule has 0 aromatic heterocycles. The van der Waals surface area contributed by atoms with E-state index in [0.29, 0.717) is 0 Å². The van der Waals surface area contributed by atoms with E-state index in [1.807, 2.05) is 0 Å². The Balaban J connectivity index is 1.86. The maximum atomic E-state index is 13.2. The molecule has 0 saturated carbocycles. The number of halogens is 1. The van der Waals surface area contributed by atoms with E-state index >= 15 is 0 Å². The summed E-state index contributed by atoms with van der Waals surface area (Å²) in [4.78, 5) is 2.30. The first-order valence-corrected chi connectivity index (χ1v) is 6.40. The predicted molar refractivity (Wildman–Crippen MR) is 70.5 cm³/mol. The molecular weight excluding hydrogens is 231 g/mol. The van der Waals surface area contributed by atoms with Crippen molar-refractivity contribution in [2.75, 3.05) is 40.3 Å². The average molecular weight is 252 g/mol. The first-order valence-electron chi connectivity index (χ1n) is 6.40. The van der Waals surface area contributed by atoms with E-state index in [9.17, 15) is 4.39 Å². The molecule has 1 fully saturated rings. The number of rotatable bonds is 6. The van der Waals surface area contributed by atoms with Crippen LogP contribution in [0.5, 0.6) is 5.75 Å². The number of nitrogens with zero attached hydrogens (tertiary/aromatic N) is 1. The highest BCUT2D eigenvalue weighted by Crippen LogP contribution is 2.20. The maximum Gasteiger partial charge on any atom is 0.123 e. The van der Waals surface area contributed by atoms with Gasteiger partial charge in [-0.1, -0.05) is 0 Å². The molecule has 1 aromatic rings. The van der Waals surface area contributed by atoms with Gasteiger partial charge in [0.15, 0.2) is 0 Å². The van der Waals surface area contributed by atoms with Gasteiger partial charge in [-0.3, -0.25) is 0 Å². The summed E-state index contributed by atoms with van der Waals surface area (Å²) < 4.78 is 18.5. The fraction of sp³-hybridized carbons (Fsp3) is 0.571. The number of nitrogens with one attached hydrogen (secondary N) is 1. The highest BCUT2D eigenvalue weighted by atomic mass is 19.1. The Labute approximate surface area is 108 Å². The predicted octanol–water partition coefficient (Wildman–Crippen LogP) is 1.53. The van der Waals surface area contributed by atoms with Crippen LogP contribution in [0.2, 0.25) is 0 Å². The van der Waals surface area contributed by atoms with Crippen molar-refractivity contribution in [1.29, 1.82) is 0 Å². The summed E-state index contributed by atoms with van der Waals surface area (Å²) in [5.41, 5.74) is 0.941. The molecule has 18 heavy (non-hydrogen) atoms. The molecule has 1 saturated heterocycles. The SMILES string of the molecule is COc1ccc(F)cc1CCN(C)CC1CNC1. The van der Waals surface area contributed by atoms with Gasteiger partial charge in [0.25, 0.3) is 0 Å². The Morgan fingerprint density at radius 3 is 2.83 bits per heavy atom. The molecule has 4 heteroatoms. The molecule has 1 aliphatic rings. The lowest BCUT2D eigenvalue weighted by Crippen LogP contribution is -2.47. The van der Waals surface area contributed by atoms with Crippen molar-refractivity contribution in [3.05, 3.63) is 29.6 Å². The second-order valence-electron chi connectivity index (χ2n) is 4.99. The van der Waals surface area contributed by atoms with Crippen molar-refractivity contribution in [3.8, 4) is 5.75 Å². The molecule has 2 rings (SSSR count). The Hall–Kier alpha value is -1.13. The van der Waals surface area contributed by atoms with Gasteiger partial charge >= 0.3 is 0 Å². The first kappa shape index (κ1) is 13.3. The van der Waals surface area contributed by atoms with Crippen molar-refractivity contribution in [3.63, 3.8) is 0 Å². The Kier molecular flexibility index (Phi) is 4.55. The monoisotopic (exact) mass is 252 g/mol. The van der Waals surface area contributed by atoms with Crippen molar-refractivity contribution in [2.24, 2.45) is 5.92 Å². The van der Waals surface area contributed by atoms with Crippen molar-refractivity contribution < 1.29 is 9.13 Å². The molecule has 1 heterocycles. The van der Waals surface area contributed by atoms with Gasteiger partial charge in [0, 0.05) is 26.2 Å². The van der Waals surface area contributed by atoms with Crippen LogP contribution in [0.15, 0.2) is 18.2 Å². The fourth-order valence-electron chi connectivity index (χ4n) is 2.26. The molecule has 1 aromatic carbocycles. The molecule has 0 aliphatic carbocycles. The third kappa shape index (κ3) is 3.43. The number of likely N-dealkylation sites (N-methyl/N-ethyl adjacent to an activating group) is 1. The number of ether oxygens (including phenoxy) is 1. The van der Waals surface area contributed by atoms with Crippen molar-refractivity contribution in [2.45, 2.75) is 6.42 Å². The summed E-state index contributed by atoms with van der Waals surface area (Å²) in [6, 6.07) is 4.70. The van der Waals surface area contributed by atoms with Gasteiger partial charge in [-0.2, -0.15) is 0 Å². The molecular formula is C14H21FN2O. The van der Waals surface area contributed by atoms with E-state index in [4.69, 9.17) is 4.74 Å². The third-order valence-corrected chi connectivity index (χ3v) is 3.44. The van der Waals surface area contributed by atoms with Gasteiger partial charge in [-0.25, -0.2) is 4.39 Å². The summed E-state index contributed by atoms with van der Waals surface area (Å²) in [6.07, 6.45) is 0.817. The Morgan fingerprint density at radius 2 is 2.22 bits per heavy atom. The summed E-state index contributed by atoms with van der Waals surface area (Å²) in [6.45, 7) is 4.27. The van der Waals surface area contributed by atoms with Crippen molar-refractivity contribution in [1.82, 2.24) is 10.2 Å². The maximum absolute atomic E-state index is 13.2. The summed E-state index contributed by atoms with van der Waals surface area (Å²) in [5.74, 6) is 1.34. The zero-order chi connectivity index (χ0) is 13.0. The highest BCUT2D eigenvalue weighted by molar-refractivity contribution is 5.34. The van der Waals surface area contributed by atoms with Crippen LogP contribution in [-0.4, -0.2) is 45.2 Å². The summed E-state index contributed by atoms with van der Waals surface area (Å²) >= 11 is 0. The van der Waals surface area contributed by atoms with Gasteiger partial charge in [0.1, 0.15) is 11.6 Å². The summed E-state index contributed by atoms with van der Waals surface area (Å²) in [5, 5.41) is 3.27. The second kappa shape index (κ2) is 6.16. The normalized spacial score (nSPS) is 15.8. The lowest BCUT2D eigenvalue weighted by Gasteiger charge is -2.31. The summed E-state index contributed by atoms with van der Waals surface area (Å²) in [7, 11) is 3.74. The number of hydrogen-bond donors (Lipinski definition) is 1. The van der Waals surface area contributed by atoms with Crippen LogP contribution in [0.3, 0.4) is 0 Å². The highest BCUT2D eigenvalue weighted by Gasteiger charge is 2.18. The molecule has 0 atom stereocenters. The van der Waals surface area contributed by atoms with Crippen LogP contribution in [0.4, 0.5) is 4.39 Å². The van der Waals surface area contributed by atoms with Crippen LogP contribution in [-0.2, 0) is 6.42 Å². The van der Waals surface area contributed by atoms with Crippen LogP contribution in [0.25, 0.3) is 0 Å². The standard InChI is InChI=1S/C14H21FN2O/c1-17(10-11-8-16-9-11)6-5-12-7-13(15)3-4-14(12)18-2/h3-4,7,11,16H,5-6,8-10H2,1-2H3. The molecule has 0 amide bonds. The first-order chi connectivity index (χ1) is 8.69. The largest absolute Gasteiger partial charge is 0.496 e. The van der Waals surface area contributed by atoms with Gasteiger partial charge in [-0.05, 0) is 43.1 Å². The molecule has 0 unspecified atom stereocenters. The van der Waals surface area contributed by atoms with E-state index in [-0.39, 0.29) is 5.82 Å². The van der Waals surface area contributed by atoms with Crippen LogP contribution in [0.1, 0.15) is 5.56 Å². The quantitative estimate of drug-likeness (QED) is 0.831. The van der Waals surface area contributed by atoms with Gasteiger partial charge < -0.3 is 15.0 Å². The average Bonchev–Trinajstić information content (AvgIpc) is 2.31. The number of hydrogen-bond acceptors (Lipinski definition) is 3. The smallest absolute Gasteiger partial charge is 0.123 e. The van der Waals surface area contributed by atoms with E-state index in [1.165, 1.54) is 6.07 Å². The second-order valence-corrected chi connectivity index (χ2v) is 4.99. The molecule has 1 aliphatic heterocycles. The van der Waals surface area contributed by atoms with Crippen LogP contribution in [0, 0.1) is 11.7 Å². The molecule has 100 valence electrons. The minimum absolute atomic E-state index is 0.198. The zero-order valence-corrected chi connectivity index (χ0v) is 11.1. The minimum Gasteiger partial charge on any atom is -0.496 e. The van der Waals surface area contributed by atoms with Crippen LogP contribution < -0.4 is 10.1 Å². The molecule has 3 nitrogen and oxygen atoms in total. The number of methoxy groups -OCH3 is 1. The van der Waals surface area contributed by atoms with E-state index < -0.39 is 0 Å².